The third kappa shape index (κ3) is 2.00. The van der Waals surface area contributed by atoms with E-state index in [-0.39, 0.29) is 0 Å². The number of hydrogen-bond acceptors (Lipinski definition) is 2. The Morgan fingerprint density at radius 3 is 2.20 bits per heavy atom. The van der Waals surface area contributed by atoms with Crippen molar-refractivity contribution in [2.75, 3.05) is 7.05 Å². The summed E-state index contributed by atoms with van der Waals surface area (Å²) in [6.07, 6.45) is 0. The Bertz CT molecular complexity index is 665. The van der Waals surface area contributed by atoms with E-state index >= 15 is 0 Å². The van der Waals surface area contributed by atoms with Gasteiger partial charge in [-0.3, -0.25) is 4.99 Å². The van der Waals surface area contributed by atoms with Crippen molar-refractivity contribution in [2.24, 2.45) is 9.98 Å². The third-order valence-corrected chi connectivity index (χ3v) is 3.30. The number of guanidine groups is 1. The SMILES string of the molecule is CN=C1N=C(c2ccccc2)C(O)(c2ccccc2)N1. The molecule has 4 nitrogen and oxygen atoms in total. The van der Waals surface area contributed by atoms with E-state index in [0.717, 1.165) is 11.1 Å². The summed E-state index contributed by atoms with van der Waals surface area (Å²) < 4.78 is 0. The normalized spacial score (nSPS) is 23.5. The van der Waals surface area contributed by atoms with Crippen LogP contribution in [0.15, 0.2) is 70.6 Å². The van der Waals surface area contributed by atoms with Gasteiger partial charge in [0.25, 0.3) is 0 Å². The number of nitrogens with one attached hydrogen (secondary N) is 1. The first kappa shape index (κ1) is 12.6. The topological polar surface area (TPSA) is 57.0 Å². The van der Waals surface area contributed by atoms with Crippen LogP contribution >= 0.6 is 0 Å². The van der Waals surface area contributed by atoms with Gasteiger partial charge in [-0.05, 0) is 0 Å². The van der Waals surface area contributed by atoms with Gasteiger partial charge in [0.1, 0.15) is 5.71 Å². The fourth-order valence-corrected chi connectivity index (χ4v) is 2.30. The van der Waals surface area contributed by atoms with Crippen molar-refractivity contribution in [3.05, 3.63) is 71.8 Å². The summed E-state index contributed by atoms with van der Waals surface area (Å²) in [7, 11) is 1.64. The summed E-state index contributed by atoms with van der Waals surface area (Å²) in [5, 5.41) is 14.0. The first-order chi connectivity index (χ1) is 9.74. The number of aliphatic imine (C=N–C) groups is 2. The standard InChI is InChI=1S/C16H15N3O/c1-17-15-18-14(12-8-4-2-5-9-12)16(20,19-15)13-10-6-3-7-11-13/h2-11,20H,1H3,(H,17,19). The maximum atomic E-state index is 11.1. The molecule has 2 N–H and O–H groups in total. The monoisotopic (exact) mass is 265 g/mol. The second-order valence-electron chi connectivity index (χ2n) is 4.58. The molecule has 0 aliphatic carbocycles. The number of benzene rings is 2. The molecule has 0 saturated heterocycles. The van der Waals surface area contributed by atoms with E-state index in [9.17, 15) is 5.11 Å². The molecule has 0 bridgehead atoms. The zero-order valence-corrected chi connectivity index (χ0v) is 11.1. The molecule has 4 heteroatoms. The zero-order chi connectivity index (χ0) is 14.0. The average molecular weight is 265 g/mol. The number of nitrogens with zero attached hydrogens (tertiary/aromatic N) is 2. The van der Waals surface area contributed by atoms with Gasteiger partial charge in [0.05, 0.1) is 0 Å². The van der Waals surface area contributed by atoms with Crippen LogP contribution in [0.1, 0.15) is 11.1 Å². The van der Waals surface area contributed by atoms with Gasteiger partial charge in [-0.1, -0.05) is 60.7 Å². The Morgan fingerprint density at radius 2 is 1.60 bits per heavy atom. The summed E-state index contributed by atoms with van der Waals surface area (Å²) in [5.41, 5.74) is 0.813. The predicted octanol–water partition coefficient (Wildman–Crippen LogP) is 1.91. The summed E-state index contributed by atoms with van der Waals surface area (Å²) in [4.78, 5) is 8.45. The molecule has 20 heavy (non-hydrogen) atoms. The summed E-state index contributed by atoms with van der Waals surface area (Å²) >= 11 is 0. The second kappa shape index (κ2) is 4.90. The van der Waals surface area contributed by atoms with Crippen LogP contribution in [0.3, 0.4) is 0 Å². The highest BCUT2D eigenvalue weighted by Crippen LogP contribution is 2.27. The minimum atomic E-state index is -1.35. The summed E-state index contributed by atoms with van der Waals surface area (Å²) in [5.74, 6) is 0.426. The van der Waals surface area contributed by atoms with Gasteiger partial charge in [0, 0.05) is 18.2 Å². The molecule has 0 aromatic heterocycles. The van der Waals surface area contributed by atoms with E-state index in [1.165, 1.54) is 0 Å². The van der Waals surface area contributed by atoms with Crippen LogP contribution in [-0.2, 0) is 5.72 Å². The molecule has 0 amide bonds. The van der Waals surface area contributed by atoms with Crippen molar-refractivity contribution < 1.29 is 5.11 Å². The Labute approximate surface area is 117 Å². The van der Waals surface area contributed by atoms with Crippen LogP contribution in [0.5, 0.6) is 0 Å². The Kier molecular flexibility index (Phi) is 3.08. The Balaban J connectivity index is 2.14. The molecule has 100 valence electrons. The van der Waals surface area contributed by atoms with E-state index < -0.39 is 5.72 Å². The van der Waals surface area contributed by atoms with E-state index in [4.69, 9.17) is 0 Å². The van der Waals surface area contributed by atoms with Gasteiger partial charge in [0.15, 0.2) is 0 Å². The molecule has 1 aliphatic heterocycles. The van der Waals surface area contributed by atoms with Crippen LogP contribution in [0.4, 0.5) is 0 Å². The van der Waals surface area contributed by atoms with E-state index in [1.54, 1.807) is 7.05 Å². The molecule has 1 heterocycles. The van der Waals surface area contributed by atoms with Crippen LogP contribution in [0.25, 0.3) is 0 Å². The first-order valence-electron chi connectivity index (χ1n) is 6.41. The van der Waals surface area contributed by atoms with Crippen molar-refractivity contribution in [2.45, 2.75) is 5.72 Å². The van der Waals surface area contributed by atoms with E-state index in [0.29, 0.717) is 11.7 Å². The van der Waals surface area contributed by atoms with Gasteiger partial charge >= 0.3 is 0 Å². The quantitative estimate of drug-likeness (QED) is 0.871. The maximum Gasteiger partial charge on any atom is 0.220 e. The zero-order valence-electron chi connectivity index (χ0n) is 11.1. The van der Waals surface area contributed by atoms with Crippen LogP contribution in [-0.4, -0.2) is 23.8 Å². The molecular weight excluding hydrogens is 250 g/mol. The van der Waals surface area contributed by atoms with Gasteiger partial charge in [-0.25, -0.2) is 4.99 Å². The van der Waals surface area contributed by atoms with Gasteiger partial charge in [-0.2, -0.15) is 0 Å². The molecule has 0 saturated carbocycles. The van der Waals surface area contributed by atoms with E-state index in [2.05, 4.69) is 15.3 Å². The van der Waals surface area contributed by atoms with Crippen molar-refractivity contribution >= 4 is 11.7 Å². The van der Waals surface area contributed by atoms with Crippen molar-refractivity contribution in [1.29, 1.82) is 0 Å². The summed E-state index contributed by atoms with van der Waals surface area (Å²) in [6, 6.07) is 19.0. The molecule has 1 atom stereocenters. The van der Waals surface area contributed by atoms with Crippen LogP contribution in [0, 0.1) is 0 Å². The lowest BCUT2D eigenvalue weighted by Gasteiger charge is -2.25. The first-order valence-corrected chi connectivity index (χ1v) is 6.41. The van der Waals surface area contributed by atoms with Crippen molar-refractivity contribution in [3.8, 4) is 0 Å². The molecule has 0 fully saturated rings. The molecule has 0 spiro atoms. The second-order valence-corrected chi connectivity index (χ2v) is 4.58. The molecule has 2 aromatic carbocycles. The molecular formula is C16H15N3O. The highest BCUT2D eigenvalue weighted by Gasteiger charge is 2.41. The molecule has 1 unspecified atom stereocenters. The maximum absolute atomic E-state index is 11.1. The molecule has 3 rings (SSSR count). The molecule has 2 aromatic rings. The minimum absolute atomic E-state index is 0.426. The highest BCUT2D eigenvalue weighted by molar-refractivity contribution is 6.16. The third-order valence-electron chi connectivity index (χ3n) is 3.30. The lowest BCUT2D eigenvalue weighted by molar-refractivity contribution is 0.101. The molecule has 1 aliphatic rings. The van der Waals surface area contributed by atoms with Crippen molar-refractivity contribution in [3.63, 3.8) is 0 Å². The summed E-state index contributed by atoms with van der Waals surface area (Å²) in [6.45, 7) is 0. The average Bonchev–Trinajstić information content (AvgIpc) is 2.87. The minimum Gasteiger partial charge on any atom is -0.362 e. The molecule has 0 radical (unpaired) electrons. The fourth-order valence-electron chi connectivity index (χ4n) is 2.30. The number of hydrogen-bond donors (Lipinski definition) is 2. The van der Waals surface area contributed by atoms with Crippen LogP contribution < -0.4 is 5.32 Å². The van der Waals surface area contributed by atoms with Gasteiger partial charge in [0.2, 0.25) is 11.7 Å². The predicted molar refractivity (Wildman–Crippen MR) is 79.8 cm³/mol. The van der Waals surface area contributed by atoms with Crippen molar-refractivity contribution in [1.82, 2.24) is 5.32 Å². The number of rotatable bonds is 2. The fraction of sp³-hybridized carbons (Fsp3) is 0.125. The Morgan fingerprint density at radius 1 is 1.00 bits per heavy atom. The van der Waals surface area contributed by atoms with Crippen LogP contribution in [0.2, 0.25) is 0 Å². The van der Waals surface area contributed by atoms with E-state index in [1.807, 2.05) is 60.7 Å². The lowest BCUT2D eigenvalue weighted by atomic mass is 9.93. The smallest absolute Gasteiger partial charge is 0.220 e. The number of aliphatic hydroxyl groups is 1. The largest absolute Gasteiger partial charge is 0.362 e. The Hall–Kier alpha value is -2.46. The van der Waals surface area contributed by atoms with Gasteiger partial charge < -0.3 is 10.4 Å². The van der Waals surface area contributed by atoms with Gasteiger partial charge in [-0.15, -0.1) is 0 Å². The lowest BCUT2D eigenvalue weighted by Crippen LogP contribution is -2.46. The highest BCUT2D eigenvalue weighted by atomic mass is 16.3.